The van der Waals surface area contributed by atoms with Gasteiger partial charge in [0.1, 0.15) is 20.0 Å². The molecular weight excluding hydrogens is 280 g/mol. The number of fused-ring (bicyclic) bond motifs is 1. The molecule has 0 aliphatic carbocycles. The largest absolute Gasteiger partial charge is 0.383 e. The summed E-state index contributed by atoms with van der Waals surface area (Å²) in [5, 5.41) is 0. The molecule has 18 heavy (non-hydrogen) atoms. The molecule has 1 atom stereocenters. The minimum absolute atomic E-state index is 0. The van der Waals surface area contributed by atoms with E-state index >= 15 is 0 Å². The maximum atomic E-state index is 5.99. The molecule has 0 saturated carbocycles. The number of halogens is 1. The Kier molecular flexibility index (Phi) is 4.65. The number of thiophene rings is 1. The molecule has 0 fully saturated rings. The number of nitrogens with two attached hydrogens (primary N) is 1. The highest BCUT2D eigenvalue weighted by molar-refractivity contribution is 7.14. The normalized spacial score (nSPS) is 18.0. The van der Waals surface area contributed by atoms with Crippen molar-refractivity contribution in [1.82, 2.24) is 0 Å². The summed E-state index contributed by atoms with van der Waals surface area (Å²) in [6.07, 6.45) is 0.915. The van der Waals surface area contributed by atoms with E-state index in [4.69, 9.17) is 5.73 Å². The van der Waals surface area contributed by atoms with Crippen molar-refractivity contribution in [2.45, 2.75) is 39.0 Å². The van der Waals surface area contributed by atoms with Crippen LogP contribution in [0.3, 0.4) is 0 Å². The molecule has 98 valence electrons. The highest BCUT2D eigenvalue weighted by atomic mass is 35.5. The Morgan fingerprint density at radius 3 is 2.72 bits per heavy atom. The van der Waals surface area contributed by atoms with Crippen LogP contribution < -0.4 is 5.73 Å². The van der Waals surface area contributed by atoms with Crippen molar-refractivity contribution in [3.05, 3.63) is 21.4 Å². The Morgan fingerprint density at radius 2 is 2.11 bits per heavy atom. The predicted molar refractivity (Wildman–Crippen MR) is 85.6 cm³/mol. The fourth-order valence-corrected chi connectivity index (χ4v) is 3.35. The van der Waals surface area contributed by atoms with E-state index in [2.05, 4.69) is 49.1 Å². The zero-order valence-electron chi connectivity index (χ0n) is 11.2. The van der Waals surface area contributed by atoms with Crippen molar-refractivity contribution in [3.63, 3.8) is 0 Å². The number of nitrogens with zero attached hydrogens (tertiary/aromatic N) is 1. The molecule has 0 spiro atoms. The standard InChI is InChI=1S/C13H18N2SSi.ClH/c1-9-7-10-8-11(5-6-17(2,3)4)15-13(14)12(10)16-9;/h7,11H,8H2,1-4H3,(H2,14,15);1H. The molecule has 2 N–H and O–H groups in total. The summed E-state index contributed by atoms with van der Waals surface area (Å²) in [6, 6.07) is 2.27. The number of aliphatic imine (C=N–C) groups is 1. The molecule has 0 saturated heterocycles. The van der Waals surface area contributed by atoms with Crippen LogP contribution in [-0.4, -0.2) is 20.0 Å². The van der Waals surface area contributed by atoms with E-state index in [1.807, 2.05) is 0 Å². The lowest BCUT2D eigenvalue weighted by molar-refractivity contribution is 0.822. The van der Waals surface area contributed by atoms with Gasteiger partial charge < -0.3 is 5.73 Å². The third kappa shape index (κ3) is 3.61. The second-order valence-electron chi connectivity index (χ2n) is 5.47. The third-order valence-electron chi connectivity index (χ3n) is 2.49. The highest BCUT2D eigenvalue weighted by Gasteiger charge is 2.20. The molecule has 5 heteroatoms. The first-order valence-electron chi connectivity index (χ1n) is 5.81. The number of amidine groups is 1. The molecule has 0 aromatic carbocycles. The maximum absolute atomic E-state index is 5.99. The van der Waals surface area contributed by atoms with E-state index in [0.717, 1.165) is 11.3 Å². The number of aryl methyl sites for hydroxylation is 1. The molecule has 1 unspecified atom stereocenters. The average Bonchev–Trinajstić information content (AvgIpc) is 2.55. The van der Waals surface area contributed by atoms with Crippen LogP contribution in [0.2, 0.25) is 19.6 Å². The van der Waals surface area contributed by atoms with Crippen LogP contribution in [0.1, 0.15) is 15.3 Å². The van der Waals surface area contributed by atoms with Gasteiger partial charge in [0.2, 0.25) is 0 Å². The average molecular weight is 299 g/mol. The Bertz CT molecular complexity index is 531. The lowest BCUT2D eigenvalue weighted by atomic mass is 10.0. The number of hydrogen-bond donors (Lipinski definition) is 1. The molecule has 0 radical (unpaired) electrons. The lowest BCUT2D eigenvalue weighted by Crippen LogP contribution is -2.25. The summed E-state index contributed by atoms with van der Waals surface area (Å²) in [6.45, 7) is 8.85. The van der Waals surface area contributed by atoms with E-state index in [1.54, 1.807) is 11.3 Å². The molecule has 1 aromatic heterocycles. The van der Waals surface area contributed by atoms with E-state index in [9.17, 15) is 0 Å². The summed E-state index contributed by atoms with van der Waals surface area (Å²) in [5.41, 5.74) is 10.7. The second kappa shape index (κ2) is 5.48. The minimum atomic E-state index is -1.32. The monoisotopic (exact) mass is 298 g/mol. The molecule has 1 aromatic rings. The van der Waals surface area contributed by atoms with Gasteiger partial charge in [0.25, 0.3) is 0 Å². The van der Waals surface area contributed by atoms with Crippen molar-refractivity contribution in [1.29, 1.82) is 0 Å². The lowest BCUT2D eigenvalue weighted by Gasteiger charge is -2.15. The molecule has 0 amide bonds. The summed E-state index contributed by atoms with van der Waals surface area (Å²) in [5.74, 6) is 3.96. The zero-order chi connectivity index (χ0) is 12.6. The van der Waals surface area contributed by atoms with Crippen LogP contribution >= 0.6 is 23.7 Å². The zero-order valence-corrected chi connectivity index (χ0v) is 13.8. The fraction of sp³-hybridized carbons (Fsp3) is 0.462. The fourth-order valence-electron chi connectivity index (χ4n) is 1.80. The van der Waals surface area contributed by atoms with Gasteiger partial charge in [-0.25, -0.2) is 0 Å². The molecule has 2 heterocycles. The SMILES string of the molecule is Cc1cc2c(s1)C(N)=NC(C#C[Si](C)(C)C)C2.Cl. The first kappa shape index (κ1) is 15.3. The van der Waals surface area contributed by atoms with Crippen LogP contribution in [0, 0.1) is 18.4 Å². The van der Waals surface area contributed by atoms with Gasteiger partial charge in [-0.15, -0.1) is 29.3 Å². The van der Waals surface area contributed by atoms with Crippen molar-refractivity contribution in [2.24, 2.45) is 10.7 Å². The Balaban J connectivity index is 0.00000162. The van der Waals surface area contributed by atoms with Crippen LogP contribution in [0.25, 0.3) is 0 Å². The van der Waals surface area contributed by atoms with Crippen molar-refractivity contribution in [3.8, 4) is 11.5 Å². The summed E-state index contributed by atoms with van der Waals surface area (Å²) < 4.78 is 0. The topological polar surface area (TPSA) is 38.4 Å². The van der Waals surface area contributed by atoms with Crippen LogP contribution in [0.15, 0.2) is 11.1 Å². The van der Waals surface area contributed by atoms with Crippen molar-refractivity contribution >= 4 is 37.7 Å². The van der Waals surface area contributed by atoms with Crippen LogP contribution in [0.5, 0.6) is 0 Å². The van der Waals surface area contributed by atoms with Crippen LogP contribution in [0.4, 0.5) is 0 Å². The van der Waals surface area contributed by atoms with Gasteiger partial charge in [0.15, 0.2) is 0 Å². The second-order valence-corrected chi connectivity index (χ2v) is 11.5. The van der Waals surface area contributed by atoms with E-state index in [0.29, 0.717) is 5.84 Å². The predicted octanol–water partition coefficient (Wildman–Crippen LogP) is 2.99. The van der Waals surface area contributed by atoms with Gasteiger partial charge in [0.05, 0.1) is 4.88 Å². The first-order valence-corrected chi connectivity index (χ1v) is 10.1. The Morgan fingerprint density at radius 1 is 1.44 bits per heavy atom. The quantitative estimate of drug-likeness (QED) is 0.580. The number of hydrogen-bond acceptors (Lipinski definition) is 3. The van der Waals surface area contributed by atoms with E-state index in [-0.39, 0.29) is 18.4 Å². The molecular formula is C13H19ClN2SSi. The van der Waals surface area contributed by atoms with Crippen LogP contribution in [-0.2, 0) is 6.42 Å². The van der Waals surface area contributed by atoms with Gasteiger partial charge in [0, 0.05) is 11.3 Å². The Hall–Kier alpha value is -0.763. The first-order chi connectivity index (χ1) is 7.85. The maximum Gasteiger partial charge on any atom is 0.137 e. The molecule has 1 aliphatic rings. The van der Waals surface area contributed by atoms with Gasteiger partial charge >= 0.3 is 0 Å². The van der Waals surface area contributed by atoms with Crippen molar-refractivity contribution in [2.75, 3.05) is 0 Å². The third-order valence-corrected chi connectivity index (χ3v) is 4.50. The molecule has 2 nitrogen and oxygen atoms in total. The smallest absolute Gasteiger partial charge is 0.137 e. The summed E-state index contributed by atoms with van der Waals surface area (Å²) in [7, 11) is -1.32. The van der Waals surface area contributed by atoms with Gasteiger partial charge in [-0.1, -0.05) is 25.6 Å². The highest BCUT2D eigenvalue weighted by Crippen LogP contribution is 2.26. The van der Waals surface area contributed by atoms with Gasteiger partial charge in [-0.05, 0) is 18.6 Å². The van der Waals surface area contributed by atoms with E-state index < -0.39 is 8.07 Å². The minimum Gasteiger partial charge on any atom is -0.383 e. The molecule has 2 rings (SSSR count). The number of rotatable bonds is 0. The van der Waals surface area contributed by atoms with Gasteiger partial charge in [-0.3, -0.25) is 4.99 Å². The summed E-state index contributed by atoms with van der Waals surface area (Å²) in [4.78, 5) is 6.94. The Labute approximate surface area is 120 Å². The molecule has 1 aliphatic heterocycles. The molecule has 0 bridgehead atoms. The van der Waals surface area contributed by atoms with Gasteiger partial charge in [-0.2, -0.15) is 0 Å². The van der Waals surface area contributed by atoms with Crippen molar-refractivity contribution < 1.29 is 0 Å². The summed E-state index contributed by atoms with van der Waals surface area (Å²) >= 11 is 1.73. The van der Waals surface area contributed by atoms with E-state index in [1.165, 1.54) is 10.4 Å².